The summed E-state index contributed by atoms with van der Waals surface area (Å²) in [5.74, 6) is 2.48. The van der Waals surface area contributed by atoms with E-state index in [9.17, 15) is 0 Å². The molecule has 2 aliphatic heterocycles. The van der Waals surface area contributed by atoms with E-state index in [1.165, 1.54) is 54.4 Å². The third kappa shape index (κ3) is 4.26. The van der Waals surface area contributed by atoms with Crippen molar-refractivity contribution in [3.8, 4) is 45.4 Å². The van der Waals surface area contributed by atoms with Crippen molar-refractivity contribution in [3.05, 3.63) is 194 Å². The molecule has 6 heteroatoms. The molecule has 0 N–H and O–H groups in total. The van der Waals surface area contributed by atoms with Crippen molar-refractivity contribution in [1.29, 1.82) is 0 Å². The molecule has 5 nitrogen and oxygen atoms in total. The number of nitrogens with zero attached hydrogens (tertiary/aromatic N) is 3. The summed E-state index contributed by atoms with van der Waals surface area (Å²) in [7, 11) is 0. The molecular weight excluding hydrogens is 733 g/mol. The van der Waals surface area contributed by atoms with Gasteiger partial charge in [-0.25, -0.2) is 0 Å². The Balaban J connectivity index is 0.969. The van der Waals surface area contributed by atoms with Gasteiger partial charge in [0.05, 0.1) is 38.8 Å². The fourth-order valence-electron chi connectivity index (χ4n) is 10.4. The van der Waals surface area contributed by atoms with E-state index in [2.05, 4.69) is 208 Å². The highest BCUT2D eigenvalue weighted by atomic mass is 16.5. The second-order valence-electron chi connectivity index (χ2n) is 16.0. The summed E-state index contributed by atoms with van der Waals surface area (Å²) in [4.78, 5) is 0. The highest BCUT2D eigenvalue weighted by Crippen LogP contribution is 2.43. The first-order valence-corrected chi connectivity index (χ1v) is 20.5. The minimum atomic E-state index is -0.345. The first-order chi connectivity index (χ1) is 29.8. The fraction of sp³-hybridized carbons (Fsp3) is 0. The van der Waals surface area contributed by atoms with Crippen molar-refractivity contribution in [1.82, 2.24) is 13.7 Å². The second kappa shape index (κ2) is 11.8. The molecule has 0 fully saturated rings. The molecule has 60 heavy (non-hydrogen) atoms. The van der Waals surface area contributed by atoms with E-state index in [0.717, 1.165) is 67.4 Å². The van der Waals surface area contributed by atoms with Crippen molar-refractivity contribution < 1.29 is 9.39 Å². The third-order valence-electron chi connectivity index (χ3n) is 12.9. The van der Waals surface area contributed by atoms with E-state index in [-0.39, 0.29) is 6.92 Å². The number of rotatable bonds is 3. The van der Waals surface area contributed by atoms with Gasteiger partial charge >= 0.3 is 6.92 Å². The summed E-state index contributed by atoms with van der Waals surface area (Å²) in [6, 6.07) is 69.8. The lowest BCUT2D eigenvalue weighted by molar-refractivity contribution is 0.479. The maximum atomic E-state index is 7.00. The van der Waals surface area contributed by atoms with Crippen LogP contribution in [0, 0.1) is 0 Å². The van der Waals surface area contributed by atoms with Gasteiger partial charge in [-0.05, 0) is 84.4 Å². The van der Waals surface area contributed by atoms with Gasteiger partial charge in [-0.1, -0.05) is 109 Å². The smallest absolute Gasteiger partial charge is 0.434 e. The number of hydrogen-bond acceptors (Lipinski definition) is 2. The van der Waals surface area contributed by atoms with E-state index in [1.54, 1.807) is 0 Å². The molecule has 0 radical (unpaired) electrons. The normalized spacial score (nSPS) is 12.9. The first-order valence-electron chi connectivity index (χ1n) is 20.5. The van der Waals surface area contributed by atoms with Gasteiger partial charge in [-0.15, -0.1) is 0 Å². The highest BCUT2D eigenvalue weighted by Gasteiger charge is 2.41. The van der Waals surface area contributed by atoms with Crippen LogP contribution in [0.5, 0.6) is 17.2 Å². The van der Waals surface area contributed by atoms with Crippen LogP contribution in [-0.4, -0.2) is 20.6 Å². The summed E-state index contributed by atoms with van der Waals surface area (Å²) in [6.45, 7) is -0.345. The number of benzene rings is 9. The second-order valence-corrected chi connectivity index (χ2v) is 16.0. The zero-order valence-electron chi connectivity index (χ0n) is 32.2. The summed E-state index contributed by atoms with van der Waals surface area (Å²) in [5, 5.41) is 7.38. The molecule has 14 rings (SSSR count). The van der Waals surface area contributed by atoms with Crippen LogP contribution < -0.4 is 20.3 Å². The number of aromatic nitrogens is 3. The lowest BCUT2D eigenvalue weighted by Gasteiger charge is -2.33. The lowest BCUT2D eigenvalue weighted by atomic mass is 9.50. The Kier molecular flexibility index (Phi) is 6.31. The number of para-hydroxylation sites is 6. The first kappa shape index (κ1) is 32.1. The molecule has 0 amide bonds. The van der Waals surface area contributed by atoms with E-state index in [4.69, 9.17) is 9.39 Å². The van der Waals surface area contributed by atoms with E-state index in [1.807, 2.05) is 0 Å². The molecule has 0 aliphatic carbocycles. The van der Waals surface area contributed by atoms with Gasteiger partial charge in [0.15, 0.2) is 0 Å². The van der Waals surface area contributed by atoms with Crippen LogP contribution in [0.25, 0.3) is 93.6 Å². The van der Waals surface area contributed by atoms with Gasteiger partial charge in [-0.2, -0.15) is 0 Å². The van der Waals surface area contributed by atoms with Gasteiger partial charge in [0.2, 0.25) is 0 Å². The minimum Gasteiger partial charge on any atom is -0.551 e. The van der Waals surface area contributed by atoms with Gasteiger partial charge in [0.25, 0.3) is 0 Å². The topological polar surface area (TPSA) is 33.2 Å². The molecule has 0 atom stereocenters. The van der Waals surface area contributed by atoms with E-state index in [0.29, 0.717) is 0 Å². The summed E-state index contributed by atoms with van der Waals surface area (Å²) in [6.07, 6.45) is 0. The molecule has 2 aliphatic rings. The molecule has 3 aromatic heterocycles. The minimum absolute atomic E-state index is 0.345. The molecule has 0 spiro atoms. The average Bonchev–Trinajstić information content (AvgIpc) is 3.94. The number of hydrogen-bond donors (Lipinski definition) is 0. The molecule has 9 aromatic carbocycles. The van der Waals surface area contributed by atoms with Crippen LogP contribution in [0.4, 0.5) is 0 Å². The molecule has 0 saturated heterocycles. The Morgan fingerprint density at radius 3 is 1.38 bits per heavy atom. The Morgan fingerprint density at radius 2 is 0.783 bits per heavy atom. The van der Waals surface area contributed by atoms with Crippen LogP contribution in [0.2, 0.25) is 0 Å². The van der Waals surface area contributed by atoms with Crippen LogP contribution in [0.1, 0.15) is 0 Å². The largest absolute Gasteiger partial charge is 0.551 e. The third-order valence-corrected chi connectivity index (χ3v) is 12.9. The summed E-state index contributed by atoms with van der Waals surface area (Å²) < 4.78 is 21.1. The quantitative estimate of drug-likeness (QED) is 0.168. The van der Waals surface area contributed by atoms with E-state index < -0.39 is 0 Å². The van der Waals surface area contributed by atoms with Crippen molar-refractivity contribution in [2.45, 2.75) is 0 Å². The van der Waals surface area contributed by atoms with Crippen LogP contribution >= 0.6 is 0 Å². The predicted octanol–water partition coefficient (Wildman–Crippen LogP) is 12.2. The number of ether oxygens (including phenoxy) is 1. The zero-order valence-corrected chi connectivity index (χ0v) is 32.2. The number of fused-ring (bicyclic) bond motifs is 13. The summed E-state index contributed by atoms with van der Waals surface area (Å²) >= 11 is 0. The van der Waals surface area contributed by atoms with Gasteiger partial charge in [0.1, 0.15) is 17.2 Å². The van der Waals surface area contributed by atoms with Crippen molar-refractivity contribution >= 4 is 83.3 Å². The molecular formula is C54H32BN3O2. The molecule has 0 unspecified atom stereocenters. The van der Waals surface area contributed by atoms with Gasteiger partial charge in [-0.3, -0.25) is 0 Å². The van der Waals surface area contributed by atoms with Crippen LogP contribution in [0.15, 0.2) is 194 Å². The molecule has 12 aromatic rings. The molecule has 0 bridgehead atoms. The fourth-order valence-corrected chi connectivity index (χ4v) is 10.4. The van der Waals surface area contributed by atoms with Gasteiger partial charge in [0, 0.05) is 66.2 Å². The monoisotopic (exact) mass is 765 g/mol. The standard InChI is InChI=1S/C54H32BN3O2/c1-7-19-45-36(13-1)37-14-2-8-20-46(37)56(45)33-25-27-50-42(29-33)40-17-5-11-23-49(40)58(50)35-30-43-41-18-6-12-24-51(41)60-55-44-31-34(26-28-52(44)59-53(32-35)54(43)55)57-47-21-9-3-15-38(47)39-16-4-10-22-48(39)57/h1-32H. The van der Waals surface area contributed by atoms with Crippen LogP contribution in [-0.2, 0) is 0 Å². The van der Waals surface area contributed by atoms with Gasteiger partial charge < -0.3 is 23.1 Å². The van der Waals surface area contributed by atoms with Crippen molar-refractivity contribution in [2.24, 2.45) is 0 Å². The maximum Gasteiger partial charge on any atom is 0.434 e. The summed E-state index contributed by atoms with van der Waals surface area (Å²) in [5.41, 5.74) is 14.5. The Hall–Kier alpha value is -7.96. The van der Waals surface area contributed by atoms with Crippen molar-refractivity contribution in [2.75, 3.05) is 0 Å². The SMILES string of the molecule is c1ccc2c(c1)OB1c3cc(-n4c5ccccc5c5ccccc54)ccc3Oc3cc(-n4c5ccccc5c5cc(-n6c7ccccc7c7ccccc76)ccc54)cc-2c31. The highest BCUT2D eigenvalue weighted by molar-refractivity contribution is 6.84. The maximum absolute atomic E-state index is 7.00. The Bertz CT molecular complexity index is 3710. The predicted molar refractivity (Wildman–Crippen MR) is 247 cm³/mol. The van der Waals surface area contributed by atoms with Crippen LogP contribution in [0.3, 0.4) is 0 Å². The van der Waals surface area contributed by atoms with E-state index >= 15 is 0 Å². The Labute approximate surface area is 344 Å². The lowest BCUT2D eigenvalue weighted by Crippen LogP contribution is -2.53. The van der Waals surface area contributed by atoms with Crippen molar-refractivity contribution in [3.63, 3.8) is 0 Å². The molecule has 0 saturated carbocycles. The zero-order chi connectivity index (χ0) is 39.1. The Morgan fingerprint density at radius 1 is 0.317 bits per heavy atom. The molecule has 278 valence electrons. The average molecular weight is 766 g/mol. The molecule has 5 heterocycles.